The highest BCUT2D eigenvalue weighted by Gasteiger charge is 2.21. The van der Waals surface area contributed by atoms with Crippen molar-refractivity contribution in [1.29, 1.82) is 0 Å². The van der Waals surface area contributed by atoms with Gasteiger partial charge in [0.15, 0.2) is 0 Å². The molecule has 1 heterocycles. The lowest BCUT2D eigenvalue weighted by Gasteiger charge is -2.12. The molecule has 1 fully saturated rings. The summed E-state index contributed by atoms with van der Waals surface area (Å²) in [6.07, 6.45) is 1.93. The molecular formula is C12H16Cl2N2O2. The summed E-state index contributed by atoms with van der Waals surface area (Å²) >= 11 is 5.98. The van der Waals surface area contributed by atoms with E-state index < -0.39 is 0 Å². The molecule has 2 N–H and O–H groups in total. The monoisotopic (exact) mass is 290 g/mol. The summed E-state index contributed by atoms with van der Waals surface area (Å²) in [4.78, 5) is 11.8. The van der Waals surface area contributed by atoms with Gasteiger partial charge in [-0.15, -0.1) is 12.4 Å². The van der Waals surface area contributed by atoms with E-state index in [4.69, 9.17) is 16.3 Å². The van der Waals surface area contributed by atoms with E-state index in [9.17, 15) is 4.79 Å². The molecule has 0 unspecified atom stereocenters. The third-order valence-electron chi connectivity index (χ3n) is 2.80. The number of nitrogens with one attached hydrogen (secondary N) is 2. The van der Waals surface area contributed by atoms with Crippen LogP contribution >= 0.6 is 24.0 Å². The number of rotatable bonds is 3. The number of hydrogen-bond donors (Lipinski definition) is 2. The zero-order valence-corrected chi connectivity index (χ0v) is 11.6. The zero-order valence-electron chi connectivity index (χ0n) is 10.0. The van der Waals surface area contributed by atoms with Crippen LogP contribution in [-0.4, -0.2) is 25.6 Å². The van der Waals surface area contributed by atoms with Gasteiger partial charge in [-0.3, -0.25) is 4.79 Å². The fraction of sp³-hybridized carbons (Fsp3) is 0.417. The topological polar surface area (TPSA) is 50.4 Å². The molecule has 100 valence electrons. The molecule has 0 aromatic heterocycles. The van der Waals surface area contributed by atoms with Crippen LogP contribution < -0.4 is 15.4 Å². The smallest absolute Gasteiger partial charge is 0.241 e. The van der Waals surface area contributed by atoms with Gasteiger partial charge in [0, 0.05) is 5.69 Å². The van der Waals surface area contributed by atoms with E-state index in [1.165, 1.54) is 0 Å². The SMILES string of the molecule is COc1ccc(NC(=O)[C@@H]2CCCN2)cc1Cl.Cl. The third-order valence-corrected chi connectivity index (χ3v) is 3.09. The van der Waals surface area contributed by atoms with Crippen molar-refractivity contribution < 1.29 is 9.53 Å². The van der Waals surface area contributed by atoms with Gasteiger partial charge in [-0.1, -0.05) is 11.6 Å². The molecule has 4 nitrogen and oxygen atoms in total. The first-order valence-electron chi connectivity index (χ1n) is 5.58. The van der Waals surface area contributed by atoms with Crippen molar-refractivity contribution in [3.8, 4) is 5.75 Å². The minimum absolute atomic E-state index is 0. The molecule has 1 amide bonds. The third kappa shape index (κ3) is 3.51. The highest BCUT2D eigenvalue weighted by atomic mass is 35.5. The minimum atomic E-state index is -0.0872. The van der Waals surface area contributed by atoms with Gasteiger partial charge >= 0.3 is 0 Å². The molecule has 0 radical (unpaired) electrons. The number of halogens is 2. The van der Waals surface area contributed by atoms with Crippen LogP contribution in [0.3, 0.4) is 0 Å². The molecule has 0 bridgehead atoms. The van der Waals surface area contributed by atoms with E-state index in [0.29, 0.717) is 16.5 Å². The van der Waals surface area contributed by atoms with Crippen LogP contribution in [0.25, 0.3) is 0 Å². The molecular weight excluding hydrogens is 275 g/mol. The lowest BCUT2D eigenvalue weighted by Crippen LogP contribution is -2.35. The molecule has 1 atom stereocenters. The van der Waals surface area contributed by atoms with Gasteiger partial charge in [-0.05, 0) is 37.6 Å². The molecule has 0 saturated carbocycles. The molecule has 2 rings (SSSR count). The molecule has 1 aromatic rings. The number of methoxy groups -OCH3 is 1. The maximum Gasteiger partial charge on any atom is 0.241 e. The Morgan fingerprint density at radius 1 is 1.56 bits per heavy atom. The zero-order chi connectivity index (χ0) is 12.3. The predicted octanol–water partition coefficient (Wildman–Crippen LogP) is 2.46. The van der Waals surface area contributed by atoms with Gasteiger partial charge < -0.3 is 15.4 Å². The fourth-order valence-electron chi connectivity index (χ4n) is 1.88. The number of ether oxygens (including phenoxy) is 1. The quantitative estimate of drug-likeness (QED) is 0.899. The number of carbonyl (C=O) groups excluding carboxylic acids is 1. The Labute approximate surface area is 117 Å². The van der Waals surface area contributed by atoms with Crippen LogP contribution in [0.4, 0.5) is 5.69 Å². The van der Waals surface area contributed by atoms with Crippen LogP contribution in [0.2, 0.25) is 5.02 Å². The Kier molecular flexibility index (Phi) is 5.72. The van der Waals surface area contributed by atoms with Crippen molar-refractivity contribution in [2.24, 2.45) is 0 Å². The first-order valence-corrected chi connectivity index (χ1v) is 5.96. The Morgan fingerprint density at radius 3 is 2.89 bits per heavy atom. The summed E-state index contributed by atoms with van der Waals surface area (Å²) in [5.41, 5.74) is 0.689. The van der Waals surface area contributed by atoms with Gasteiger partial charge in [0.05, 0.1) is 18.2 Å². The summed E-state index contributed by atoms with van der Waals surface area (Å²) in [6.45, 7) is 0.904. The Hall–Kier alpha value is -0.970. The van der Waals surface area contributed by atoms with Gasteiger partial charge in [0.1, 0.15) is 5.75 Å². The number of benzene rings is 1. The van der Waals surface area contributed by atoms with Crippen molar-refractivity contribution in [2.45, 2.75) is 18.9 Å². The molecule has 0 aliphatic carbocycles. The first-order chi connectivity index (χ1) is 8.20. The molecule has 18 heavy (non-hydrogen) atoms. The Morgan fingerprint density at radius 2 is 2.33 bits per heavy atom. The second kappa shape index (κ2) is 6.83. The van der Waals surface area contributed by atoms with Crippen molar-refractivity contribution in [3.63, 3.8) is 0 Å². The molecule has 1 saturated heterocycles. The highest BCUT2D eigenvalue weighted by Crippen LogP contribution is 2.27. The molecule has 0 spiro atoms. The summed E-state index contributed by atoms with van der Waals surface area (Å²) in [5.74, 6) is 0.590. The van der Waals surface area contributed by atoms with Crippen LogP contribution in [0, 0.1) is 0 Å². The van der Waals surface area contributed by atoms with E-state index in [-0.39, 0.29) is 24.4 Å². The summed E-state index contributed by atoms with van der Waals surface area (Å²) in [7, 11) is 1.56. The van der Waals surface area contributed by atoms with Crippen LogP contribution in [-0.2, 0) is 4.79 Å². The van der Waals surface area contributed by atoms with Crippen LogP contribution in [0.1, 0.15) is 12.8 Å². The van der Waals surface area contributed by atoms with E-state index in [1.807, 2.05) is 0 Å². The molecule has 1 aromatic carbocycles. The van der Waals surface area contributed by atoms with E-state index in [0.717, 1.165) is 19.4 Å². The second-order valence-electron chi connectivity index (χ2n) is 3.99. The van der Waals surface area contributed by atoms with Crippen molar-refractivity contribution in [3.05, 3.63) is 23.2 Å². The lowest BCUT2D eigenvalue weighted by atomic mass is 10.2. The van der Waals surface area contributed by atoms with Crippen LogP contribution in [0.5, 0.6) is 5.75 Å². The van der Waals surface area contributed by atoms with Crippen molar-refractivity contribution in [1.82, 2.24) is 5.32 Å². The van der Waals surface area contributed by atoms with E-state index in [2.05, 4.69) is 10.6 Å². The largest absolute Gasteiger partial charge is 0.495 e. The fourth-order valence-corrected chi connectivity index (χ4v) is 2.14. The van der Waals surface area contributed by atoms with E-state index in [1.54, 1.807) is 25.3 Å². The summed E-state index contributed by atoms with van der Waals surface area (Å²) < 4.78 is 5.05. The van der Waals surface area contributed by atoms with Gasteiger partial charge in [-0.2, -0.15) is 0 Å². The lowest BCUT2D eigenvalue weighted by molar-refractivity contribution is -0.117. The standard InChI is InChI=1S/C12H15ClN2O2.ClH/c1-17-11-5-4-8(7-9(11)13)15-12(16)10-3-2-6-14-10;/h4-5,7,10,14H,2-3,6H2,1H3,(H,15,16);1H/t10-;/m0./s1. The summed E-state index contributed by atoms with van der Waals surface area (Å²) in [6, 6.07) is 5.11. The number of amides is 1. The normalized spacial score (nSPS) is 18.0. The molecule has 1 aliphatic rings. The predicted molar refractivity (Wildman–Crippen MR) is 74.9 cm³/mol. The van der Waals surface area contributed by atoms with E-state index >= 15 is 0 Å². The number of carbonyl (C=O) groups is 1. The average molecular weight is 291 g/mol. The summed E-state index contributed by atoms with van der Waals surface area (Å²) in [5, 5.41) is 6.47. The Bertz CT molecular complexity index is 421. The van der Waals surface area contributed by atoms with Crippen LogP contribution in [0.15, 0.2) is 18.2 Å². The van der Waals surface area contributed by atoms with Gasteiger partial charge in [0.25, 0.3) is 0 Å². The number of hydrogen-bond acceptors (Lipinski definition) is 3. The minimum Gasteiger partial charge on any atom is -0.495 e. The Balaban J connectivity index is 0.00000162. The maximum atomic E-state index is 11.8. The van der Waals surface area contributed by atoms with Crippen molar-refractivity contribution in [2.75, 3.05) is 19.0 Å². The molecule has 6 heteroatoms. The number of anilines is 1. The second-order valence-corrected chi connectivity index (χ2v) is 4.39. The average Bonchev–Trinajstić information content (AvgIpc) is 2.82. The van der Waals surface area contributed by atoms with Gasteiger partial charge in [0.2, 0.25) is 5.91 Å². The first kappa shape index (κ1) is 15.1. The highest BCUT2D eigenvalue weighted by molar-refractivity contribution is 6.32. The molecule has 1 aliphatic heterocycles. The van der Waals surface area contributed by atoms with Gasteiger partial charge in [-0.25, -0.2) is 0 Å². The maximum absolute atomic E-state index is 11.8. The van der Waals surface area contributed by atoms with Crippen molar-refractivity contribution >= 4 is 35.6 Å².